The van der Waals surface area contributed by atoms with E-state index < -0.39 is 6.09 Å². The largest absolute Gasteiger partial charge is 0.452 e. The number of carbonyl (C=O) groups excluding carboxylic acids is 1. The number of amides is 1. The maximum atomic E-state index is 12.0. The van der Waals surface area contributed by atoms with Gasteiger partial charge in [-0.1, -0.05) is 24.3 Å². The predicted octanol–water partition coefficient (Wildman–Crippen LogP) is 4.74. The molecule has 0 atom stereocenters. The number of anilines is 2. The first-order chi connectivity index (χ1) is 18.4. The molecule has 10 heteroatoms. The van der Waals surface area contributed by atoms with Crippen molar-refractivity contribution in [2.75, 3.05) is 51.1 Å². The van der Waals surface area contributed by atoms with Gasteiger partial charge in [0.15, 0.2) is 5.69 Å². The van der Waals surface area contributed by atoms with Crippen LogP contribution in [-0.2, 0) is 4.74 Å². The molecule has 0 radical (unpaired) electrons. The second-order valence-corrected chi connectivity index (χ2v) is 9.53. The Bertz CT molecular complexity index is 1480. The monoisotopic (exact) mass is 510 g/mol. The van der Waals surface area contributed by atoms with Crippen molar-refractivity contribution in [3.63, 3.8) is 0 Å². The molecule has 0 aliphatic carbocycles. The van der Waals surface area contributed by atoms with Crippen molar-refractivity contribution < 1.29 is 9.53 Å². The first kappa shape index (κ1) is 25.2. The van der Waals surface area contributed by atoms with Gasteiger partial charge in [-0.15, -0.1) is 0 Å². The fraction of sp³-hybridized carbons (Fsp3) is 0.321. The normalized spacial score (nSPS) is 14.1. The highest BCUT2D eigenvalue weighted by Gasteiger charge is 2.26. The summed E-state index contributed by atoms with van der Waals surface area (Å²) >= 11 is 0. The zero-order valence-electron chi connectivity index (χ0n) is 22.0. The van der Waals surface area contributed by atoms with E-state index in [2.05, 4.69) is 33.7 Å². The van der Waals surface area contributed by atoms with Gasteiger partial charge >= 0.3 is 6.09 Å². The third-order valence-electron chi connectivity index (χ3n) is 7.10. The van der Waals surface area contributed by atoms with E-state index in [0.29, 0.717) is 17.5 Å². The summed E-state index contributed by atoms with van der Waals surface area (Å²) < 4.78 is 6.85. The van der Waals surface area contributed by atoms with Gasteiger partial charge in [0.25, 0.3) is 0 Å². The highest BCUT2D eigenvalue weighted by Crippen LogP contribution is 2.37. The standard InChI is InChI=1S/C28H30N8O2/c1-29-21-9-6-19(7-10-21)25-24(20-8-11-23(31-18-20)34(4)28(37)38-5)26-30-14-17-36(26)27(32-25)35-15-12-22(13-16-35)33(2)3/h6-11,14,17-18,22H,12-13,15-16H2,2-5H3. The van der Waals surface area contributed by atoms with Crippen LogP contribution < -0.4 is 9.80 Å². The van der Waals surface area contributed by atoms with E-state index in [0.717, 1.165) is 59.9 Å². The van der Waals surface area contributed by atoms with Gasteiger partial charge in [-0.2, -0.15) is 0 Å². The van der Waals surface area contributed by atoms with Gasteiger partial charge in [0.1, 0.15) is 11.5 Å². The van der Waals surface area contributed by atoms with Gasteiger partial charge in [0, 0.05) is 50.3 Å². The first-order valence-corrected chi connectivity index (χ1v) is 12.5. The SMILES string of the molecule is [C-]#[N+]c1ccc(-c2nc(N3CCC(N(C)C)CC3)n3ccnc3c2-c2ccc(N(C)C(=O)OC)nc2)cc1. The van der Waals surface area contributed by atoms with Crippen LogP contribution in [0.25, 0.3) is 32.9 Å². The molecule has 0 bridgehead atoms. The van der Waals surface area contributed by atoms with Crippen LogP contribution >= 0.6 is 0 Å². The number of rotatable bonds is 5. The molecule has 38 heavy (non-hydrogen) atoms. The van der Waals surface area contributed by atoms with E-state index in [-0.39, 0.29) is 0 Å². The first-order valence-electron chi connectivity index (χ1n) is 12.5. The fourth-order valence-electron chi connectivity index (χ4n) is 4.90. The number of fused-ring (bicyclic) bond motifs is 1. The Morgan fingerprint density at radius 1 is 1.05 bits per heavy atom. The van der Waals surface area contributed by atoms with Crippen molar-refractivity contribution in [2.45, 2.75) is 18.9 Å². The lowest BCUT2D eigenvalue weighted by Crippen LogP contribution is -2.43. The molecule has 0 unspecified atom stereocenters. The van der Waals surface area contributed by atoms with Gasteiger partial charge < -0.3 is 14.5 Å². The zero-order chi connectivity index (χ0) is 26.8. The maximum absolute atomic E-state index is 12.0. The minimum Gasteiger partial charge on any atom is -0.452 e. The van der Waals surface area contributed by atoms with Crippen molar-refractivity contribution in [2.24, 2.45) is 0 Å². The van der Waals surface area contributed by atoms with E-state index in [4.69, 9.17) is 21.3 Å². The van der Waals surface area contributed by atoms with Crippen molar-refractivity contribution in [3.05, 3.63) is 66.4 Å². The smallest absolute Gasteiger partial charge is 0.414 e. The Hall–Kier alpha value is -4.49. The lowest BCUT2D eigenvalue weighted by Gasteiger charge is -2.36. The molecule has 1 aliphatic rings. The molecule has 4 heterocycles. The highest BCUT2D eigenvalue weighted by molar-refractivity contribution is 5.92. The molecule has 10 nitrogen and oxygen atoms in total. The lowest BCUT2D eigenvalue weighted by atomic mass is 10.0. The molecule has 0 saturated carbocycles. The van der Waals surface area contributed by atoms with Crippen LogP contribution in [-0.4, -0.2) is 77.7 Å². The van der Waals surface area contributed by atoms with Gasteiger partial charge in [-0.05, 0) is 44.6 Å². The average Bonchev–Trinajstić information content (AvgIpc) is 3.45. The summed E-state index contributed by atoms with van der Waals surface area (Å²) in [6, 6.07) is 11.7. The Morgan fingerprint density at radius 3 is 2.37 bits per heavy atom. The number of nitrogens with zero attached hydrogens (tertiary/aromatic N) is 8. The minimum atomic E-state index is -0.495. The molecule has 5 rings (SSSR count). The summed E-state index contributed by atoms with van der Waals surface area (Å²) in [4.78, 5) is 35.9. The lowest BCUT2D eigenvalue weighted by molar-refractivity contribution is 0.180. The Kier molecular flexibility index (Phi) is 6.94. The van der Waals surface area contributed by atoms with Crippen molar-refractivity contribution in [1.82, 2.24) is 24.3 Å². The highest BCUT2D eigenvalue weighted by atomic mass is 16.5. The summed E-state index contributed by atoms with van der Waals surface area (Å²) in [6.45, 7) is 9.13. The minimum absolute atomic E-state index is 0.469. The number of hydrogen-bond donors (Lipinski definition) is 0. The summed E-state index contributed by atoms with van der Waals surface area (Å²) in [5.74, 6) is 1.31. The van der Waals surface area contributed by atoms with Gasteiger partial charge in [-0.25, -0.2) is 24.6 Å². The van der Waals surface area contributed by atoms with Gasteiger partial charge in [-0.3, -0.25) is 9.30 Å². The van der Waals surface area contributed by atoms with E-state index in [1.54, 1.807) is 37.6 Å². The van der Waals surface area contributed by atoms with E-state index >= 15 is 0 Å². The zero-order valence-corrected chi connectivity index (χ0v) is 22.0. The third-order valence-corrected chi connectivity index (χ3v) is 7.10. The molecular weight excluding hydrogens is 480 g/mol. The van der Waals surface area contributed by atoms with Gasteiger partial charge in [0.05, 0.1) is 24.9 Å². The van der Waals surface area contributed by atoms with Crippen molar-refractivity contribution in [3.8, 4) is 22.4 Å². The van der Waals surface area contributed by atoms with Crippen LogP contribution in [0.1, 0.15) is 12.8 Å². The number of benzene rings is 1. The summed E-state index contributed by atoms with van der Waals surface area (Å²) in [7, 11) is 7.22. The molecule has 1 saturated heterocycles. The van der Waals surface area contributed by atoms with Crippen LogP contribution in [0.4, 0.5) is 22.2 Å². The number of piperidine rings is 1. The topological polar surface area (TPSA) is 83.5 Å². The van der Waals surface area contributed by atoms with E-state index in [1.807, 2.05) is 28.8 Å². The molecule has 1 amide bonds. The average molecular weight is 511 g/mol. The van der Waals surface area contributed by atoms with Gasteiger partial charge in [0.2, 0.25) is 5.95 Å². The second-order valence-electron chi connectivity index (χ2n) is 9.53. The molecule has 0 N–H and O–H groups in total. The number of hydrogen-bond acceptors (Lipinski definition) is 7. The van der Waals surface area contributed by atoms with Crippen LogP contribution in [0.3, 0.4) is 0 Å². The summed E-state index contributed by atoms with van der Waals surface area (Å²) in [5.41, 5.74) is 4.64. The summed E-state index contributed by atoms with van der Waals surface area (Å²) in [6.07, 6.45) is 7.07. The predicted molar refractivity (Wildman–Crippen MR) is 148 cm³/mol. The third kappa shape index (κ3) is 4.64. The fourth-order valence-corrected chi connectivity index (χ4v) is 4.90. The van der Waals surface area contributed by atoms with Crippen molar-refractivity contribution >= 4 is 29.2 Å². The molecule has 1 aromatic carbocycles. The van der Waals surface area contributed by atoms with E-state index in [1.165, 1.54) is 12.0 Å². The Balaban J connectivity index is 1.64. The number of methoxy groups -OCH3 is 1. The molecule has 1 fully saturated rings. The number of carbonyl (C=O) groups is 1. The summed E-state index contributed by atoms with van der Waals surface area (Å²) in [5, 5.41) is 0. The molecular formula is C28H30N8O2. The maximum Gasteiger partial charge on any atom is 0.414 e. The molecule has 194 valence electrons. The molecule has 3 aromatic heterocycles. The van der Waals surface area contributed by atoms with Crippen LogP contribution in [0.15, 0.2) is 55.0 Å². The van der Waals surface area contributed by atoms with Crippen LogP contribution in [0.5, 0.6) is 0 Å². The number of pyridine rings is 1. The molecule has 1 aliphatic heterocycles. The molecule has 4 aromatic rings. The Morgan fingerprint density at radius 2 is 1.76 bits per heavy atom. The van der Waals surface area contributed by atoms with Crippen LogP contribution in [0, 0.1) is 6.57 Å². The number of imidazole rings is 1. The molecule has 0 spiro atoms. The number of aromatic nitrogens is 4. The Labute approximate surface area is 221 Å². The number of ether oxygens (including phenoxy) is 1. The van der Waals surface area contributed by atoms with E-state index in [9.17, 15) is 4.79 Å². The van der Waals surface area contributed by atoms with Crippen molar-refractivity contribution in [1.29, 1.82) is 0 Å². The second kappa shape index (κ2) is 10.5. The quantitative estimate of drug-likeness (QED) is 0.359. The van der Waals surface area contributed by atoms with Crippen LogP contribution in [0.2, 0.25) is 0 Å².